The van der Waals surface area contributed by atoms with Gasteiger partial charge in [-0.2, -0.15) is 13.2 Å². The van der Waals surface area contributed by atoms with Crippen molar-refractivity contribution in [3.8, 4) is 0 Å². The van der Waals surface area contributed by atoms with Gasteiger partial charge in [0.1, 0.15) is 6.10 Å². The van der Waals surface area contributed by atoms with E-state index in [4.69, 9.17) is 4.74 Å². The molecular formula is C8H11F3N2OS. The maximum Gasteiger partial charge on any atom is 0.443 e. The van der Waals surface area contributed by atoms with Crippen molar-refractivity contribution in [3.63, 3.8) is 0 Å². The minimum Gasteiger partial charge on any atom is -0.374 e. The first-order valence-corrected chi connectivity index (χ1v) is 5.07. The topological polar surface area (TPSA) is 34.1 Å². The van der Waals surface area contributed by atoms with Gasteiger partial charge in [0, 0.05) is 19.0 Å². The first kappa shape index (κ1) is 12.4. The van der Waals surface area contributed by atoms with Gasteiger partial charge in [-0.25, -0.2) is 4.98 Å². The van der Waals surface area contributed by atoms with Crippen molar-refractivity contribution in [1.29, 1.82) is 0 Å². The zero-order chi connectivity index (χ0) is 11.5. The fourth-order valence-corrected chi connectivity index (χ4v) is 1.79. The predicted molar refractivity (Wildman–Crippen MR) is 50.8 cm³/mol. The Hall–Kier alpha value is -0.660. The van der Waals surface area contributed by atoms with Gasteiger partial charge in [-0.3, -0.25) is 0 Å². The molecule has 7 heteroatoms. The van der Waals surface area contributed by atoms with Gasteiger partial charge in [0.05, 0.1) is 5.69 Å². The third-order valence-corrected chi connectivity index (χ3v) is 2.67. The van der Waals surface area contributed by atoms with Crippen LogP contribution in [0.5, 0.6) is 0 Å². The van der Waals surface area contributed by atoms with Crippen molar-refractivity contribution in [2.45, 2.75) is 12.3 Å². The van der Waals surface area contributed by atoms with Crippen LogP contribution in [0.1, 0.15) is 16.8 Å². The molecule has 1 atom stereocenters. The molecule has 1 rings (SSSR count). The number of halogens is 3. The number of likely N-dealkylation sites (N-methyl/N-ethyl adjacent to an activating group) is 1. The van der Waals surface area contributed by atoms with Crippen LogP contribution in [-0.4, -0.2) is 25.7 Å². The molecule has 15 heavy (non-hydrogen) atoms. The highest BCUT2D eigenvalue weighted by Gasteiger charge is 2.35. The van der Waals surface area contributed by atoms with Gasteiger partial charge >= 0.3 is 6.18 Å². The summed E-state index contributed by atoms with van der Waals surface area (Å²) >= 11 is 0.582. The quantitative estimate of drug-likeness (QED) is 0.874. The Morgan fingerprint density at radius 3 is 2.67 bits per heavy atom. The lowest BCUT2D eigenvalue weighted by Crippen LogP contribution is -2.19. The number of thiazole rings is 1. The number of aromatic nitrogens is 1. The summed E-state index contributed by atoms with van der Waals surface area (Å²) in [6.07, 6.45) is -4.82. The average Bonchev–Trinajstić information content (AvgIpc) is 2.62. The van der Waals surface area contributed by atoms with Crippen LogP contribution in [0, 0.1) is 0 Å². The molecule has 0 bridgehead atoms. The lowest BCUT2D eigenvalue weighted by molar-refractivity contribution is -0.137. The zero-order valence-electron chi connectivity index (χ0n) is 8.26. The SMILES string of the molecule is CNCC(OC)c1csc(C(F)(F)F)n1. The molecular weight excluding hydrogens is 229 g/mol. The Kier molecular flexibility index (Phi) is 4.06. The van der Waals surface area contributed by atoms with Crippen LogP contribution in [-0.2, 0) is 10.9 Å². The molecule has 0 aromatic carbocycles. The van der Waals surface area contributed by atoms with Gasteiger partial charge in [0.2, 0.25) is 0 Å². The molecule has 1 aromatic heterocycles. The summed E-state index contributed by atoms with van der Waals surface area (Å²) < 4.78 is 41.8. The number of rotatable bonds is 4. The lowest BCUT2D eigenvalue weighted by atomic mass is 10.3. The number of alkyl halides is 3. The van der Waals surface area contributed by atoms with Crippen LogP contribution in [0.15, 0.2) is 5.38 Å². The molecule has 1 aromatic rings. The fraction of sp³-hybridized carbons (Fsp3) is 0.625. The zero-order valence-corrected chi connectivity index (χ0v) is 9.08. The van der Waals surface area contributed by atoms with Crippen molar-refractivity contribution in [2.24, 2.45) is 0 Å². The van der Waals surface area contributed by atoms with Gasteiger partial charge in [0.25, 0.3) is 0 Å². The number of hydrogen-bond donors (Lipinski definition) is 1. The molecule has 0 aliphatic heterocycles. The van der Waals surface area contributed by atoms with Crippen molar-refractivity contribution in [3.05, 3.63) is 16.1 Å². The third kappa shape index (κ3) is 3.15. The van der Waals surface area contributed by atoms with Crippen molar-refractivity contribution < 1.29 is 17.9 Å². The van der Waals surface area contributed by atoms with Crippen LogP contribution in [0.4, 0.5) is 13.2 Å². The van der Waals surface area contributed by atoms with Crippen LogP contribution < -0.4 is 5.32 Å². The van der Waals surface area contributed by atoms with Crippen LogP contribution in [0.3, 0.4) is 0 Å². The second-order valence-electron chi connectivity index (χ2n) is 2.86. The number of nitrogens with one attached hydrogen (secondary N) is 1. The van der Waals surface area contributed by atoms with E-state index < -0.39 is 17.3 Å². The highest BCUT2D eigenvalue weighted by molar-refractivity contribution is 7.09. The molecule has 1 unspecified atom stereocenters. The van der Waals surface area contributed by atoms with Gasteiger partial charge in [-0.05, 0) is 7.05 Å². The van der Waals surface area contributed by atoms with Gasteiger partial charge in [-0.15, -0.1) is 11.3 Å². The Balaban J connectivity index is 2.82. The Morgan fingerprint density at radius 2 is 2.27 bits per heavy atom. The fourth-order valence-electron chi connectivity index (χ4n) is 1.06. The summed E-state index contributed by atoms with van der Waals surface area (Å²) in [5.74, 6) is 0. The van der Waals surface area contributed by atoms with Crippen LogP contribution in [0.2, 0.25) is 0 Å². The van der Waals surface area contributed by atoms with E-state index in [0.717, 1.165) is 0 Å². The van der Waals surface area contributed by atoms with E-state index in [1.165, 1.54) is 12.5 Å². The second kappa shape index (κ2) is 4.91. The maximum absolute atomic E-state index is 12.2. The molecule has 3 nitrogen and oxygen atoms in total. The minimum atomic E-state index is -4.37. The standard InChI is InChI=1S/C8H11F3N2OS/c1-12-3-6(14-2)5-4-15-7(13-5)8(9,10)11/h4,6,12H,3H2,1-2H3. The molecule has 0 saturated heterocycles. The largest absolute Gasteiger partial charge is 0.443 e. The molecule has 1 heterocycles. The van der Waals surface area contributed by atoms with Crippen LogP contribution >= 0.6 is 11.3 Å². The third-order valence-electron chi connectivity index (χ3n) is 1.77. The molecule has 0 aliphatic rings. The van der Waals surface area contributed by atoms with E-state index in [-0.39, 0.29) is 0 Å². The monoisotopic (exact) mass is 240 g/mol. The number of hydrogen-bond acceptors (Lipinski definition) is 4. The maximum atomic E-state index is 12.2. The van der Waals surface area contributed by atoms with Gasteiger partial charge < -0.3 is 10.1 Å². The van der Waals surface area contributed by atoms with Crippen molar-refractivity contribution in [1.82, 2.24) is 10.3 Å². The molecule has 0 aliphatic carbocycles. The highest BCUT2D eigenvalue weighted by atomic mass is 32.1. The Morgan fingerprint density at radius 1 is 1.60 bits per heavy atom. The summed E-state index contributed by atoms with van der Waals surface area (Å²) in [5, 5.41) is 3.36. The van der Waals surface area contributed by atoms with Crippen molar-refractivity contribution >= 4 is 11.3 Å². The van der Waals surface area contributed by atoms with Crippen LogP contribution in [0.25, 0.3) is 0 Å². The summed E-state index contributed by atoms with van der Waals surface area (Å²) in [4.78, 5) is 3.50. The minimum absolute atomic E-state index is 0.309. The number of nitrogens with zero attached hydrogens (tertiary/aromatic N) is 1. The molecule has 0 fully saturated rings. The summed E-state index contributed by atoms with van der Waals surface area (Å²) in [7, 11) is 3.14. The van der Waals surface area contributed by atoms with Crippen molar-refractivity contribution in [2.75, 3.05) is 20.7 Å². The molecule has 0 saturated carbocycles. The first-order valence-electron chi connectivity index (χ1n) is 4.19. The Labute approximate surface area is 89.3 Å². The second-order valence-corrected chi connectivity index (χ2v) is 3.72. The predicted octanol–water partition coefficient (Wildman–Crippen LogP) is 2.07. The number of methoxy groups -OCH3 is 1. The smallest absolute Gasteiger partial charge is 0.374 e. The highest BCUT2D eigenvalue weighted by Crippen LogP contribution is 2.33. The van der Waals surface area contributed by atoms with E-state index in [1.807, 2.05) is 0 Å². The Bertz CT molecular complexity index is 313. The van der Waals surface area contributed by atoms with E-state index in [2.05, 4.69) is 10.3 Å². The van der Waals surface area contributed by atoms with Gasteiger partial charge in [-0.1, -0.05) is 0 Å². The number of ether oxygens (including phenoxy) is 1. The summed E-state index contributed by atoms with van der Waals surface area (Å²) in [6, 6.07) is 0. The normalized spacial score (nSPS) is 14.2. The van der Waals surface area contributed by atoms with E-state index in [1.54, 1.807) is 7.05 Å². The molecule has 0 amide bonds. The van der Waals surface area contributed by atoms with E-state index in [0.29, 0.717) is 23.6 Å². The summed E-state index contributed by atoms with van der Waals surface area (Å²) in [6.45, 7) is 0.428. The lowest BCUT2D eigenvalue weighted by Gasteiger charge is -2.11. The first-order chi connectivity index (χ1) is 6.99. The van der Waals surface area contributed by atoms with Gasteiger partial charge in [0.15, 0.2) is 5.01 Å². The molecule has 0 radical (unpaired) electrons. The average molecular weight is 240 g/mol. The summed E-state index contributed by atoms with van der Waals surface area (Å²) in [5.41, 5.74) is 0.309. The molecule has 0 spiro atoms. The molecule has 1 N–H and O–H groups in total. The van der Waals surface area contributed by atoms with E-state index in [9.17, 15) is 13.2 Å². The molecule has 86 valence electrons. The van der Waals surface area contributed by atoms with E-state index >= 15 is 0 Å².